The summed E-state index contributed by atoms with van der Waals surface area (Å²) in [6.45, 7) is 1.82. The van der Waals surface area contributed by atoms with E-state index in [9.17, 15) is 9.18 Å². The number of fused-ring (bicyclic) bond motifs is 3. The van der Waals surface area contributed by atoms with Crippen LogP contribution in [-0.4, -0.2) is 25.4 Å². The van der Waals surface area contributed by atoms with Crippen molar-refractivity contribution in [2.45, 2.75) is 6.92 Å². The van der Waals surface area contributed by atoms with Gasteiger partial charge in [-0.1, -0.05) is 41.9 Å². The molecule has 2 aromatic heterocycles. The van der Waals surface area contributed by atoms with E-state index in [-0.39, 0.29) is 10.8 Å². The van der Waals surface area contributed by atoms with E-state index in [1.54, 1.807) is 36.4 Å². The largest absolute Gasteiger partial charge is 0.337 e. The van der Waals surface area contributed by atoms with Crippen LogP contribution >= 0.6 is 11.6 Å². The summed E-state index contributed by atoms with van der Waals surface area (Å²) in [5.41, 5.74) is 3.56. The predicted octanol–water partition coefficient (Wildman–Crippen LogP) is 5.35. The van der Waals surface area contributed by atoms with Crippen LogP contribution in [0.25, 0.3) is 16.7 Å². The Morgan fingerprint density at radius 1 is 1.00 bits per heavy atom. The maximum absolute atomic E-state index is 13.5. The van der Waals surface area contributed by atoms with Gasteiger partial charge in [0.05, 0.1) is 16.1 Å². The molecule has 0 bridgehead atoms. The fraction of sp³-hybridized carbons (Fsp3) is 0.0435. The second-order valence-electron chi connectivity index (χ2n) is 7.02. The van der Waals surface area contributed by atoms with Crippen molar-refractivity contribution in [3.8, 4) is 0 Å². The van der Waals surface area contributed by atoms with Gasteiger partial charge in [0.1, 0.15) is 11.6 Å². The summed E-state index contributed by atoms with van der Waals surface area (Å²) in [6, 6.07) is 18.7. The number of hydrogen-bond acceptors (Lipinski definition) is 5. The summed E-state index contributed by atoms with van der Waals surface area (Å²) < 4.78 is 15.3. The quantitative estimate of drug-likeness (QED) is 0.388. The Balaban J connectivity index is 1.64. The number of aryl methyl sites for hydroxylation is 1. The Kier molecular flexibility index (Phi) is 4.60. The Labute approximate surface area is 181 Å². The number of hydrogen-bond donors (Lipinski definition) is 1. The molecule has 31 heavy (non-hydrogen) atoms. The summed E-state index contributed by atoms with van der Waals surface area (Å²) >= 11 is 5.89. The third-order valence-corrected chi connectivity index (χ3v) is 5.26. The number of carbonyl (C=O) groups is 1. The summed E-state index contributed by atoms with van der Waals surface area (Å²) in [7, 11) is 0. The fourth-order valence-corrected chi connectivity index (χ4v) is 3.64. The van der Waals surface area contributed by atoms with Gasteiger partial charge in [-0.3, -0.25) is 9.20 Å². The molecule has 0 saturated heterocycles. The van der Waals surface area contributed by atoms with Gasteiger partial charge in [0.15, 0.2) is 11.6 Å². The van der Waals surface area contributed by atoms with Gasteiger partial charge in [0, 0.05) is 16.8 Å². The van der Waals surface area contributed by atoms with Crippen LogP contribution in [-0.2, 0) is 0 Å². The highest BCUT2D eigenvalue weighted by molar-refractivity contribution is 6.31. The van der Waals surface area contributed by atoms with E-state index in [2.05, 4.69) is 20.5 Å². The Hall–Kier alpha value is -3.84. The maximum Gasteiger partial charge on any atom is 0.204 e. The van der Waals surface area contributed by atoms with Crippen molar-refractivity contribution in [2.24, 2.45) is 0 Å². The van der Waals surface area contributed by atoms with Crippen LogP contribution < -0.4 is 5.32 Å². The van der Waals surface area contributed by atoms with E-state index in [4.69, 9.17) is 11.6 Å². The molecule has 0 aliphatic carbocycles. The van der Waals surface area contributed by atoms with Crippen LogP contribution in [0.5, 0.6) is 0 Å². The van der Waals surface area contributed by atoms with Crippen molar-refractivity contribution >= 4 is 45.6 Å². The minimum Gasteiger partial charge on any atom is -0.337 e. The zero-order valence-corrected chi connectivity index (χ0v) is 17.1. The second-order valence-corrected chi connectivity index (χ2v) is 7.43. The normalized spacial score (nSPS) is 11.2. The number of aromatic nitrogens is 4. The molecule has 0 aliphatic rings. The van der Waals surface area contributed by atoms with Gasteiger partial charge in [-0.25, -0.2) is 9.37 Å². The molecule has 2 heterocycles. The average molecular weight is 432 g/mol. The monoisotopic (exact) mass is 431 g/mol. The number of halogens is 2. The molecule has 0 fully saturated rings. The molecule has 0 radical (unpaired) electrons. The van der Waals surface area contributed by atoms with Gasteiger partial charge in [-0.15, -0.1) is 10.2 Å². The van der Waals surface area contributed by atoms with E-state index in [0.717, 1.165) is 0 Å². The molecule has 0 spiro atoms. The summed E-state index contributed by atoms with van der Waals surface area (Å²) in [5, 5.41) is 11.5. The third-order valence-electron chi connectivity index (χ3n) is 4.97. The Morgan fingerprint density at radius 2 is 1.81 bits per heavy atom. The predicted molar refractivity (Wildman–Crippen MR) is 118 cm³/mol. The summed E-state index contributed by atoms with van der Waals surface area (Å²) in [5.74, 6) is 0.507. The number of nitrogens with zero attached hydrogens (tertiary/aromatic N) is 4. The molecule has 0 saturated carbocycles. The van der Waals surface area contributed by atoms with Crippen LogP contribution in [0.2, 0.25) is 5.02 Å². The van der Waals surface area contributed by atoms with Crippen molar-refractivity contribution < 1.29 is 9.18 Å². The van der Waals surface area contributed by atoms with Gasteiger partial charge in [-0.05, 0) is 43.3 Å². The van der Waals surface area contributed by atoms with Crippen LogP contribution in [0.1, 0.15) is 21.7 Å². The van der Waals surface area contributed by atoms with Crippen molar-refractivity contribution in [1.82, 2.24) is 19.6 Å². The molecule has 0 amide bonds. The van der Waals surface area contributed by atoms with E-state index < -0.39 is 5.82 Å². The molecule has 6 nitrogen and oxygen atoms in total. The lowest BCUT2D eigenvalue weighted by Gasteiger charge is -2.11. The summed E-state index contributed by atoms with van der Waals surface area (Å²) in [6.07, 6.45) is 0. The number of ketones is 1. The van der Waals surface area contributed by atoms with Gasteiger partial charge in [0.25, 0.3) is 0 Å². The third kappa shape index (κ3) is 3.39. The molecule has 1 N–H and O–H groups in total. The fourth-order valence-electron chi connectivity index (χ4n) is 3.46. The smallest absolute Gasteiger partial charge is 0.204 e. The number of nitrogens with one attached hydrogen (secondary N) is 1. The van der Waals surface area contributed by atoms with Crippen molar-refractivity contribution in [2.75, 3.05) is 5.32 Å². The van der Waals surface area contributed by atoms with Crippen LogP contribution in [0.3, 0.4) is 0 Å². The SMILES string of the molecule is Cc1nnc2c(Nc3ccc(F)c(Cl)c3)nc3ccc(C(=O)c4ccccc4)cc3n12. The Morgan fingerprint density at radius 3 is 2.58 bits per heavy atom. The molecule has 5 aromatic rings. The zero-order chi connectivity index (χ0) is 21.5. The maximum atomic E-state index is 13.5. The molecular weight excluding hydrogens is 417 g/mol. The molecule has 0 atom stereocenters. The molecule has 3 aromatic carbocycles. The number of rotatable bonds is 4. The minimum atomic E-state index is -0.502. The highest BCUT2D eigenvalue weighted by Gasteiger charge is 2.16. The van der Waals surface area contributed by atoms with E-state index in [0.29, 0.717) is 45.1 Å². The molecular formula is C23H15ClFN5O. The van der Waals surface area contributed by atoms with Crippen molar-refractivity contribution in [1.29, 1.82) is 0 Å². The zero-order valence-electron chi connectivity index (χ0n) is 16.3. The van der Waals surface area contributed by atoms with E-state index >= 15 is 0 Å². The lowest BCUT2D eigenvalue weighted by molar-refractivity contribution is 0.103. The first-order valence-electron chi connectivity index (χ1n) is 9.48. The molecule has 152 valence electrons. The van der Waals surface area contributed by atoms with Crippen LogP contribution in [0.15, 0.2) is 66.7 Å². The summed E-state index contributed by atoms with van der Waals surface area (Å²) in [4.78, 5) is 17.6. The van der Waals surface area contributed by atoms with Gasteiger partial charge in [-0.2, -0.15) is 0 Å². The van der Waals surface area contributed by atoms with Crippen LogP contribution in [0.4, 0.5) is 15.9 Å². The standard InChI is InChI=1S/C23H15ClFN5O/c1-13-28-29-23-22(26-16-8-9-18(25)17(24)12-16)27-19-10-7-15(11-20(19)30(13)23)21(31)14-5-3-2-4-6-14/h2-12H,1H3,(H,26,27). The average Bonchev–Trinajstić information content (AvgIpc) is 3.18. The number of carbonyl (C=O) groups excluding carboxylic acids is 1. The first-order valence-corrected chi connectivity index (χ1v) is 9.86. The highest BCUT2D eigenvalue weighted by Crippen LogP contribution is 2.27. The highest BCUT2D eigenvalue weighted by atomic mass is 35.5. The first kappa shape index (κ1) is 19.1. The molecule has 8 heteroatoms. The second kappa shape index (κ2) is 7.45. The van der Waals surface area contributed by atoms with Gasteiger partial charge < -0.3 is 5.32 Å². The Bertz CT molecular complexity index is 1470. The van der Waals surface area contributed by atoms with Gasteiger partial charge >= 0.3 is 0 Å². The van der Waals surface area contributed by atoms with E-state index in [1.165, 1.54) is 12.1 Å². The minimum absolute atomic E-state index is 0.00326. The van der Waals surface area contributed by atoms with E-state index in [1.807, 2.05) is 29.5 Å². The lowest BCUT2D eigenvalue weighted by atomic mass is 10.0. The molecule has 0 unspecified atom stereocenters. The van der Waals surface area contributed by atoms with Crippen molar-refractivity contribution in [3.63, 3.8) is 0 Å². The molecule has 0 aliphatic heterocycles. The first-order chi connectivity index (χ1) is 15.0. The number of benzene rings is 3. The topological polar surface area (TPSA) is 72.2 Å². The van der Waals surface area contributed by atoms with Crippen molar-refractivity contribution in [3.05, 3.63) is 94.5 Å². The lowest BCUT2D eigenvalue weighted by Crippen LogP contribution is -2.04. The van der Waals surface area contributed by atoms with Crippen LogP contribution in [0, 0.1) is 12.7 Å². The number of anilines is 2. The van der Waals surface area contributed by atoms with Gasteiger partial charge in [0.2, 0.25) is 5.65 Å². The molecule has 5 rings (SSSR count).